The summed E-state index contributed by atoms with van der Waals surface area (Å²) >= 11 is 0. The van der Waals surface area contributed by atoms with Gasteiger partial charge in [-0.2, -0.15) is 0 Å². The summed E-state index contributed by atoms with van der Waals surface area (Å²) in [6.45, 7) is 6.48. The largest absolute Gasteiger partial charge is 0.497 e. The van der Waals surface area contributed by atoms with E-state index >= 15 is 0 Å². The predicted molar refractivity (Wildman–Crippen MR) is 123 cm³/mol. The first kappa shape index (κ1) is 23.5. The zero-order chi connectivity index (χ0) is 22.9. The van der Waals surface area contributed by atoms with Crippen LogP contribution in [-0.4, -0.2) is 24.5 Å². The minimum atomic E-state index is -0.262. The summed E-state index contributed by atoms with van der Waals surface area (Å²) < 4.78 is 24.9. The van der Waals surface area contributed by atoms with Crippen molar-refractivity contribution in [3.8, 4) is 5.75 Å². The third-order valence-electron chi connectivity index (χ3n) is 5.11. The second-order valence-corrected chi connectivity index (χ2v) is 8.33. The van der Waals surface area contributed by atoms with Crippen LogP contribution in [-0.2, 0) is 19.6 Å². The second kappa shape index (κ2) is 11.5. The van der Waals surface area contributed by atoms with Crippen molar-refractivity contribution in [3.05, 3.63) is 89.1 Å². The number of amides is 1. The lowest BCUT2D eigenvalue weighted by atomic mass is 10.1. The van der Waals surface area contributed by atoms with Gasteiger partial charge < -0.3 is 14.5 Å². The van der Waals surface area contributed by atoms with Crippen LogP contribution in [0, 0.1) is 11.7 Å². The zero-order valence-electron chi connectivity index (χ0n) is 18.9. The average molecular weight is 439 g/mol. The summed E-state index contributed by atoms with van der Waals surface area (Å²) in [6.07, 6.45) is 0.918. The maximum Gasteiger partial charge on any atom is 0.286 e. The number of ether oxygens (including phenoxy) is 1. The topological polar surface area (TPSA) is 54.7 Å². The molecule has 1 heterocycles. The minimum absolute atomic E-state index is 0.207. The lowest BCUT2D eigenvalue weighted by Gasteiger charge is -2.22. The lowest BCUT2D eigenvalue weighted by molar-refractivity contribution is 0.0919. The summed E-state index contributed by atoms with van der Waals surface area (Å²) in [7, 11) is 1.64. The number of carbonyl (C=O) groups excluding carboxylic acids is 1. The molecule has 0 spiro atoms. The van der Waals surface area contributed by atoms with Crippen molar-refractivity contribution in [3.63, 3.8) is 0 Å². The maximum absolute atomic E-state index is 13.7. The summed E-state index contributed by atoms with van der Waals surface area (Å²) in [5, 5.41) is 2.89. The van der Waals surface area contributed by atoms with Crippen molar-refractivity contribution in [2.24, 2.45) is 5.92 Å². The highest BCUT2D eigenvalue weighted by Crippen LogP contribution is 2.19. The van der Waals surface area contributed by atoms with Gasteiger partial charge in [-0.3, -0.25) is 9.69 Å². The highest BCUT2D eigenvalue weighted by molar-refractivity contribution is 5.91. The first-order chi connectivity index (χ1) is 15.4. The second-order valence-electron chi connectivity index (χ2n) is 8.33. The SMILES string of the molecule is COc1cccc(CN(Cc2cccc(F)c2)Cc2ccc(C(=O)NCCC(C)C)o2)c1. The van der Waals surface area contributed by atoms with Gasteiger partial charge in [0.25, 0.3) is 5.91 Å². The van der Waals surface area contributed by atoms with Crippen LogP contribution >= 0.6 is 0 Å². The number of benzene rings is 2. The Hall–Kier alpha value is -3.12. The molecule has 3 aromatic rings. The molecule has 5 nitrogen and oxygen atoms in total. The van der Waals surface area contributed by atoms with Gasteiger partial charge in [-0.25, -0.2) is 4.39 Å². The van der Waals surface area contributed by atoms with Gasteiger partial charge >= 0.3 is 0 Å². The van der Waals surface area contributed by atoms with E-state index in [-0.39, 0.29) is 11.7 Å². The van der Waals surface area contributed by atoms with Crippen molar-refractivity contribution < 1.29 is 18.3 Å². The van der Waals surface area contributed by atoms with Gasteiger partial charge in [0.1, 0.15) is 17.3 Å². The third-order valence-corrected chi connectivity index (χ3v) is 5.11. The van der Waals surface area contributed by atoms with E-state index in [0.29, 0.717) is 43.6 Å². The molecule has 0 atom stereocenters. The van der Waals surface area contributed by atoms with Gasteiger partial charge in [0.2, 0.25) is 0 Å². The van der Waals surface area contributed by atoms with Crippen LogP contribution in [0.5, 0.6) is 5.75 Å². The molecule has 0 aliphatic carbocycles. The number of hydrogen-bond acceptors (Lipinski definition) is 4. The van der Waals surface area contributed by atoms with Gasteiger partial charge in [-0.1, -0.05) is 38.1 Å². The molecule has 0 saturated carbocycles. The number of carbonyl (C=O) groups is 1. The number of nitrogens with one attached hydrogen (secondary N) is 1. The number of furan rings is 1. The normalized spacial score (nSPS) is 11.2. The molecule has 170 valence electrons. The molecule has 0 bridgehead atoms. The zero-order valence-corrected chi connectivity index (χ0v) is 18.9. The van der Waals surface area contributed by atoms with E-state index in [1.54, 1.807) is 19.2 Å². The van der Waals surface area contributed by atoms with Gasteiger partial charge in [0.05, 0.1) is 13.7 Å². The standard InChI is InChI=1S/C26H31FN2O3/c1-19(2)12-13-28-26(30)25-11-10-24(32-25)18-29(16-20-6-4-8-22(27)14-20)17-21-7-5-9-23(15-21)31-3/h4-11,14-15,19H,12-13,16-18H2,1-3H3,(H,28,30). The summed E-state index contributed by atoms with van der Waals surface area (Å²) in [4.78, 5) is 14.5. The Morgan fingerprint density at radius 3 is 2.44 bits per heavy atom. The molecule has 1 aromatic heterocycles. The molecule has 2 aromatic carbocycles. The molecular weight excluding hydrogens is 407 g/mol. The Labute approximate surface area is 189 Å². The number of methoxy groups -OCH3 is 1. The predicted octanol–water partition coefficient (Wildman–Crippen LogP) is 5.41. The summed E-state index contributed by atoms with van der Waals surface area (Å²) in [5.74, 6) is 1.82. The minimum Gasteiger partial charge on any atom is -0.497 e. The number of hydrogen-bond donors (Lipinski definition) is 1. The van der Waals surface area contributed by atoms with E-state index in [1.807, 2.05) is 36.4 Å². The van der Waals surface area contributed by atoms with Crippen molar-refractivity contribution >= 4 is 5.91 Å². The van der Waals surface area contributed by atoms with Crippen LogP contribution in [0.15, 0.2) is 65.1 Å². The van der Waals surface area contributed by atoms with Crippen LogP contribution < -0.4 is 10.1 Å². The highest BCUT2D eigenvalue weighted by atomic mass is 19.1. The van der Waals surface area contributed by atoms with Crippen LogP contribution in [0.2, 0.25) is 0 Å². The highest BCUT2D eigenvalue weighted by Gasteiger charge is 2.15. The Kier molecular flexibility index (Phi) is 8.45. The lowest BCUT2D eigenvalue weighted by Crippen LogP contribution is -2.25. The van der Waals surface area contributed by atoms with Crippen LogP contribution in [0.25, 0.3) is 0 Å². The molecule has 3 rings (SSSR count). The summed E-state index contributed by atoms with van der Waals surface area (Å²) in [5.41, 5.74) is 1.94. The molecule has 0 aliphatic rings. The fourth-order valence-electron chi connectivity index (χ4n) is 3.46. The molecule has 0 radical (unpaired) electrons. The smallest absolute Gasteiger partial charge is 0.286 e. The Morgan fingerprint density at radius 2 is 1.75 bits per heavy atom. The Balaban J connectivity index is 1.72. The van der Waals surface area contributed by atoms with Crippen LogP contribution in [0.3, 0.4) is 0 Å². The van der Waals surface area contributed by atoms with E-state index < -0.39 is 0 Å². The molecule has 1 N–H and O–H groups in total. The first-order valence-electron chi connectivity index (χ1n) is 10.9. The number of nitrogens with zero attached hydrogens (tertiary/aromatic N) is 1. The monoisotopic (exact) mass is 438 g/mol. The van der Waals surface area contributed by atoms with E-state index in [4.69, 9.17) is 9.15 Å². The van der Waals surface area contributed by atoms with Gasteiger partial charge in [0, 0.05) is 19.6 Å². The van der Waals surface area contributed by atoms with E-state index in [9.17, 15) is 9.18 Å². The number of rotatable bonds is 11. The molecular formula is C26H31FN2O3. The Bertz CT molecular complexity index is 1020. The van der Waals surface area contributed by atoms with Crippen molar-refractivity contribution in [1.29, 1.82) is 0 Å². The van der Waals surface area contributed by atoms with Crippen molar-refractivity contribution in [2.75, 3.05) is 13.7 Å². The fourth-order valence-corrected chi connectivity index (χ4v) is 3.46. The van der Waals surface area contributed by atoms with Crippen LogP contribution in [0.4, 0.5) is 4.39 Å². The number of halogens is 1. The van der Waals surface area contributed by atoms with Crippen LogP contribution in [0.1, 0.15) is 47.7 Å². The van der Waals surface area contributed by atoms with E-state index in [0.717, 1.165) is 23.3 Å². The molecule has 32 heavy (non-hydrogen) atoms. The molecule has 0 fully saturated rings. The average Bonchev–Trinajstić information content (AvgIpc) is 3.22. The molecule has 0 aliphatic heterocycles. The summed E-state index contributed by atoms with van der Waals surface area (Å²) in [6, 6.07) is 18.0. The van der Waals surface area contributed by atoms with Gasteiger partial charge in [-0.15, -0.1) is 0 Å². The third kappa shape index (κ3) is 7.24. The van der Waals surface area contributed by atoms with Gasteiger partial charge in [0.15, 0.2) is 5.76 Å². The fraction of sp³-hybridized carbons (Fsp3) is 0.346. The maximum atomic E-state index is 13.7. The molecule has 1 amide bonds. The quantitative estimate of drug-likeness (QED) is 0.435. The molecule has 6 heteroatoms. The first-order valence-corrected chi connectivity index (χ1v) is 10.9. The van der Waals surface area contributed by atoms with Crippen molar-refractivity contribution in [2.45, 2.75) is 39.9 Å². The van der Waals surface area contributed by atoms with E-state index in [2.05, 4.69) is 24.1 Å². The van der Waals surface area contributed by atoms with Crippen molar-refractivity contribution in [1.82, 2.24) is 10.2 Å². The molecule has 0 unspecified atom stereocenters. The van der Waals surface area contributed by atoms with Gasteiger partial charge in [-0.05, 0) is 59.9 Å². The molecule has 0 saturated heterocycles. The Morgan fingerprint density at radius 1 is 1.03 bits per heavy atom. The van der Waals surface area contributed by atoms with E-state index in [1.165, 1.54) is 12.1 Å².